The Labute approximate surface area is 102 Å². The van der Waals surface area contributed by atoms with Crippen molar-refractivity contribution in [2.45, 2.75) is 0 Å². The lowest BCUT2D eigenvalue weighted by Crippen LogP contribution is -1.87. The number of nitrogens with zero attached hydrogens (tertiary/aromatic N) is 2. The standard InChI is InChI=1S/C12H11N5O/c13-6-1-2-7(10(18)3-6)12-16-9-5-15-4-8(14)11(9)17-12/h1-5,18H,13-14H2,(H,16,17). The number of aromatic hydroxyl groups is 1. The number of phenolic OH excluding ortho intramolecular Hbond substituents is 1. The Balaban J connectivity index is 2.23. The fourth-order valence-corrected chi connectivity index (χ4v) is 1.83. The van der Waals surface area contributed by atoms with Crippen LogP contribution < -0.4 is 11.5 Å². The molecule has 0 radical (unpaired) electrons. The summed E-state index contributed by atoms with van der Waals surface area (Å²) in [5.41, 5.74) is 14.3. The highest BCUT2D eigenvalue weighted by Gasteiger charge is 2.11. The van der Waals surface area contributed by atoms with Crippen LogP contribution in [0.4, 0.5) is 11.4 Å². The summed E-state index contributed by atoms with van der Waals surface area (Å²) in [6.45, 7) is 0. The number of nitrogens with one attached hydrogen (secondary N) is 1. The van der Waals surface area contributed by atoms with Crippen molar-refractivity contribution in [2.75, 3.05) is 11.5 Å². The van der Waals surface area contributed by atoms with Gasteiger partial charge in [-0.25, -0.2) is 4.98 Å². The van der Waals surface area contributed by atoms with Gasteiger partial charge in [0.1, 0.15) is 17.1 Å². The molecule has 0 saturated carbocycles. The summed E-state index contributed by atoms with van der Waals surface area (Å²) < 4.78 is 0. The molecule has 0 fully saturated rings. The molecule has 2 aromatic heterocycles. The number of anilines is 2. The zero-order chi connectivity index (χ0) is 12.7. The molecule has 3 rings (SSSR count). The van der Waals surface area contributed by atoms with Crippen LogP contribution in [0.2, 0.25) is 0 Å². The van der Waals surface area contributed by atoms with Gasteiger partial charge in [-0.3, -0.25) is 4.98 Å². The smallest absolute Gasteiger partial charge is 0.142 e. The maximum atomic E-state index is 9.85. The molecule has 0 bridgehead atoms. The number of imidazole rings is 1. The van der Waals surface area contributed by atoms with Gasteiger partial charge in [0.15, 0.2) is 0 Å². The number of pyridine rings is 1. The maximum absolute atomic E-state index is 9.85. The van der Waals surface area contributed by atoms with E-state index in [-0.39, 0.29) is 5.75 Å². The third kappa shape index (κ3) is 1.51. The topological polar surface area (TPSA) is 114 Å². The summed E-state index contributed by atoms with van der Waals surface area (Å²) in [6, 6.07) is 4.87. The van der Waals surface area contributed by atoms with E-state index in [4.69, 9.17) is 11.5 Å². The quantitative estimate of drug-likeness (QED) is 0.482. The highest BCUT2D eigenvalue weighted by molar-refractivity contribution is 5.88. The number of aromatic nitrogens is 3. The lowest BCUT2D eigenvalue weighted by molar-refractivity contribution is 0.477. The first-order valence-corrected chi connectivity index (χ1v) is 5.33. The highest BCUT2D eigenvalue weighted by Crippen LogP contribution is 2.30. The van der Waals surface area contributed by atoms with Crippen LogP contribution >= 0.6 is 0 Å². The zero-order valence-corrected chi connectivity index (χ0v) is 9.38. The molecule has 6 nitrogen and oxygen atoms in total. The normalized spacial score (nSPS) is 10.9. The van der Waals surface area contributed by atoms with Crippen molar-refractivity contribution in [3.8, 4) is 17.1 Å². The monoisotopic (exact) mass is 241 g/mol. The number of fused-ring (bicyclic) bond motifs is 1. The van der Waals surface area contributed by atoms with Crippen molar-refractivity contribution in [1.29, 1.82) is 0 Å². The van der Waals surface area contributed by atoms with E-state index in [9.17, 15) is 5.11 Å². The largest absolute Gasteiger partial charge is 0.507 e. The average Bonchev–Trinajstić information content (AvgIpc) is 2.74. The van der Waals surface area contributed by atoms with Crippen LogP contribution in [0.5, 0.6) is 5.75 Å². The summed E-state index contributed by atoms with van der Waals surface area (Å²) >= 11 is 0. The molecule has 0 aliphatic heterocycles. The van der Waals surface area contributed by atoms with E-state index < -0.39 is 0 Å². The first-order valence-electron chi connectivity index (χ1n) is 5.33. The Hall–Kier alpha value is -2.76. The van der Waals surface area contributed by atoms with E-state index >= 15 is 0 Å². The number of aromatic amines is 1. The van der Waals surface area contributed by atoms with Gasteiger partial charge in [-0.05, 0) is 12.1 Å². The van der Waals surface area contributed by atoms with Gasteiger partial charge in [0.05, 0.1) is 29.2 Å². The molecule has 0 amide bonds. The molecule has 18 heavy (non-hydrogen) atoms. The second-order valence-electron chi connectivity index (χ2n) is 3.99. The molecule has 0 saturated heterocycles. The first kappa shape index (κ1) is 10.4. The number of H-pyrrole nitrogens is 1. The van der Waals surface area contributed by atoms with E-state index in [1.165, 1.54) is 12.3 Å². The van der Waals surface area contributed by atoms with Gasteiger partial charge in [0.2, 0.25) is 0 Å². The molecule has 3 aromatic rings. The number of nitrogens with two attached hydrogens (primary N) is 2. The first-order chi connectivity index (χ1) is 8.65. The summed E-state index contributed by atoms with van der Waals surface area (Å²) in [4.78, 5) is 11.4. The van der Waals surface area contributed by atoms with Gasteiger partial charge in [-0.1, -0.05) is 0 Å². The molecular weight excluding hydrogens is 230 g/mol. The van der Waals surface area contributed by atoms with Gasteiger partial charge >= 0.3 is 0 Å². The fraction of sp³-hybridized carbons (Fsp3) is 0. The lowest BCUT2D eigenvalue weighted by Gasteiger charge is -2.01. The molecule has 0 aliphatic rings. The summed E-state index contributed by atoms with van der Waals surface area (Å²) in [6.07, 6.45) is 3.17. The molecular formula is C12H11N5O. The van der Waals surface area contributed by atoms with E-state index in [1.807, 2.05) is 0 Å². The molecule has 6 N–H and O–H groups in total. The van der Waals surface area contributed by atoms with Crippen LogP contribution in [0, 0.1) is 0 Å². The lowest BCUT2D eigenvalue weighted by atomic mass is 10.2. The van der Waals surface area contributed by atoms with Crippen molar-refractivity contribution in [3.63, 3.8) is 0 Å². The minimum Gasteiger partial charge on any atom is -0.507 e. The number of phenols is 1. The second-order valence-corrected chi connectivity index (χ2v) is 3.99. The Morgan fingerprint density at radius 3 is 2.72 bits per heavy atom. The van der Waals surface area contributed by atoms with E-state index in [1.54, 1.807) is 18.3 Å². The van der Waals surface area contributed by atoms with Crippen LogP contribution in [0.25, 0.3) is 22.4 Å². The van der Waals surface area contributed by atoms with Crippen LogP contribution in [-0.4, -0.2) is 20.1 Å². The minimum atomic E-state index is 0.0700. The zero-order valence-electron chi connectivity index (χ0n) is 9.38. The average molecular weight is 241 g/mol. The number of benzene rings is 1. The predicted molar refractivity (Wildman–Crippen MR) is 69.8 cm³/mol. The summed E-state index contributed by atoms with van der Waals surface area (Å²) in [5.74, 6) is 0.600. The van der Waals surface area contributed by atoms with Gasteiger partial charge in [0.25, 0.3) is 0 Å². The molecule has 0 aliphatic carbocycles. The predicted octanol–water partition coefficient (Wildman–Crippen LogP) is 1.49. The Bertz CT molecular complexity index is 734. The van der Waals surface area contributed by atoms with Crippen LogP contribution in [0.1, 0.15) is 0 Å². The third-order valence-electron chi connectivity index (χ3n) is 2.70. The molecule has 0 unspecified atom stereocenters. The molecule has 0 spiro atoms. The molecule has 6 heteroatoms. The van der Waals surface area contributed by atoms with Crippen molar-refractivity contribution in [1.82, 2.24) is 15.0 Å². The molecule has 90 valence electrons. The van der Waals surface area contributed by atoms with Crippen molar-refractivity contribution in [2.24, 2.45) is 0 Å². The van der Waals surface area contributed by atoms with Crippen molar-refractivity contribution in [3.05, 3.63) is 30.6 Å². The van der Waals surface area contributed by atoms with Crippen LogP contribution in [0.15, 0.2) is 30.6 Å². The Morgan fingerprint density at radius 2 is 2.00 bits per heavy atom. The minimum absolute atomic E-state index is 0.0700. The summed E-state index contributed by atoms with van der Waals surface area (Å²) in [5, 5.41) is 9.85. The van der Waals surface area contributed by atoms with Crippen molar-refractivity contribution >= 4 is 22.4 Å². The Morgan fingerprint density at radius 1 is 1.17 bits per heavy atom. The van der Waals surface area contributed by atoms with Crippen LogP contribution in [-0.2, 0) is 0 Å². The Kier molecular flexibility index (Phi) is 2.09. The van der Waals surface area contributed by atoms with Gasteiger partial charge < -0.3 is 21.6 Å². The van der Waals surface area contributed by atoms with E-state index in [0.29, 0.717) is 28.3 Å². The van der Waals surface area contributed by atoms with Gasteiger partial charge in [-0.15, -0.1) is 0 Å². The second kappa shape index (κ2) is 3.63. The van der Waals surface area contributed by atoms with E-state index in [0.717, 1.165) is 5.52 Å². The molecule has 2 heterocycles. The number of hydrogen-bond donors (Lipinski definition) is 4. The number of nitrogen functional groups attached to an aromatic ring is 2. The maximum Gasteiger partial charge on any atom is 0.142 e. The highest BCUT2D eigenvalue weighted by atomic mass is 16.3. The van der Waals surface area contributed by atoms with Crippen LogP contribution in [0.3, 0.4) is 0 Å². The van der Waals surface area contributed by atoms with Gasteiger partial charge in [-0.2, -0.15) is 0 Å². The molecule has 0 atom stereocenters. The third-order valence-corrected chi connectivity index (χ3v) is 2.70. The van der Waals surface area contributed by atoms with E-state index in [2.05, 4.69) is 15.0 Å². The fourth-order valence-electron chi connectivity index (χ4n) is 1.83. The van der Waals surface area contributed by atoms with Gasteiger partial charge in [0, 0.05) is 11.8 Å². The molecule has 1 aromatic carbocycles. The number of rotatable bonds is 1. The number of hydrogen-bond acceptors (Lipinski definition) is 5. The van der Waals surface area contributed by atoms with Crippen molar-refractivity contribution < 1.29 is 5.11 Å². The summed E-state index contributed by atoms with van der Waals surface area (Å²) in [7, 11) is 0. The SMILES string of the molecule is Nc1ccc(-c2nc3c(N)cncc3[nH]2)c(O)c1.